The number of benzene rings is 1. The zero-order valence-electron chi connectivity index (χ0n) is 15.6. The van der Waals surface area contributed by atoms with E-state index in [1.165, 1.54) is 0 Å². The van der Waals surface area contributed by atoms with Crippen LogP contribution in [0.15, 0.2) is 11.6 Å². The van der Waals surface area contributed by atoms with Crippen LogP contribution in [0.5, 0.6) is 11.5 Å². The summed E-state index contributed by atoms with van der Waals surface area (Å²) in [4.78, 5) is 23.1. The Hall–Kier alpha value is -1.42. The summed E-state index contributed by atoms with van der Waals surface area (Å²) in [6.07, 6.45) is 3.02. The maximum absolute atomic E-state index is 12.3. The van der Waals surface area contributed by atoms with E-state index >= 15 is 0 Å². The Morgan fingerprint density at radius 2 is 2.11 bits per heavy atom. The molecule has 148 valence electrons. The molecular weight excluding hydrogens is 483 g/mol. The number of hydrogen-bond donors (Lipinski definition) is 1. The second kappa shape index (κ2) is 10.2. The highest BCUT2D eigenvalue weighted by Crippen LogP contribution is 2.43. The summed E-state index contributed by atoms with van der Waals surface area (Å²) >= 11 is 2.20. The van der Waals surface area contributed by atoms with Gasteiger partial charge in [-0.1, -0.05) is 20.6 Å². The van der Waals surface area contributed by atoms with Gasteiger partial charge in [0, 0.05) is 23.3 Å². The van der Waals surface area contributed by atoms with Gasteiger partial charge in [-0.05, 0) is 53.5 Å². The molecular formula is C19H23IO6S. The molecule has 0 radical (unpaired) electrons. The molecule has 2 rings (SSSR count). The summed E-state index contributed by atoms with van der Waals surface area (Å²) in [5.41, 5.74) is 3.93. The first kappa shape index (κ1) is 21.9. The molecule has 0 aliphatic carbocycles. The van der Waals surface area contributed by atoms with Crippen LogP contribution >= 0.6 is 30.1 Å². The van der Waals surface area contributed by atoms with E-state index in [9.17, 15) is 9.59 Å². The minimum atomic E-state index is -0.822. The Bertz CT molecular complexity index is 759. The molecule has 1 aromatic carbocycles. The minimum Gasteiger partial charge on any atom is -0.496 e. The van der Waals surface area contributed by atoms with Crippen molar-refractivity contribution in [1.82, 2.24) is 0 Å². The number of halogens is 1. The summed E-state index contributed by atoms with van der Waals surface area (Å²) < 4.78 is 16.9. The normalized spacial score (nSPS) is 13.3. The number of rotatable bonds is 10. The quantitative estimate of drug-likeness (QED) is 0.217. The molecule has 0 bridgehead atoms. The van der Waals surface area contributed by atoms with Gasteiger partial charge < -0.3 is 19.3 Å². The molecule has 1 heterocycles. The number of aliphatic carboxylic acids is 1. The summed E-state index contributed by atoms with van der Waals surface area (Å²) in [6.45, 7) is 4.50. The number of fused-ring (bicyclic) bond motifs is 1. The summed E-state index contributed by atoms with van der Waals surface area (Å²) in [6, 6.07) is 0. The predicted molar refractivity (Wildman–Crippen MR) is 113 cm³/mol. The number of carbonyl (C=O) groups is 2. The number of ether oxygens (including phenoxy) is 3. The van der Waals surface area contributed by atoms with E-state index in [-0.39, 0.29) is 19.0 Å². The lowest BCUT2D eigenvalue weighted by Crippen LogP contribution is -2.10. The van der Waals surface area contributed by atoms with Crippen molar-refractivity contribution in [1.29, 1.82) is 0 Å². The molecule has 0 fully saturated rings. The second-order valence-electron chi connectivity index (χ2n) is 6.21. The Morgan fingerprint density at radius 3 is 2.74 bits per heavy atom. The van der Waals surface area contributed by atoms with Crippen molar-refractivity contribution < 1.29 is 28.9 Å². The maximum atomic E-state index is 12.3. The van der Waals surface area contributed by atoms with Crippen LogP contribution in [0, 0.1) is 6.92 Å². The number of hydrogen-bond acceptors (Lipinski definition) is 6. The van der Waals surface area contributed by atoms with Gasteiger partial charge in [-0.3, -0.25) is 4.79 Å². The van der Waals surface area contributed by atoms with E-state index < -0.39 is 5.97 Å². The molecule has 27 heavy (non-hydrogen) atoms. The highest BCUT2D eigenvalue weighted by Gasteiger charge is 2.33. The largest absolute Gasteiger partial charge is 0.496 e. The molecule has 1 aromatic rings. The lowest BCUT2D eigenvalue weighted by molar-refractivity contribution is -0.136. The van der Waals surface area contributed by atoms with E-state index in [0.717, 1.165) is 28.0 Å². The van der Waals surface area contributed by atoms with Crippen LogP contribution in [0.1, 0.15) is 46.8 Å². The van der Waals surface area contributed by atoms with Crippen LogP contribution < -0.4 is 9.47 Å². The average Bonchev–Trinajstić information content (AvgIpc) is 3.02. The van der Waals surface area contributed by atoms with E-state index in [1.807, 2.05) is 19.9 Å². The maximum Gasteiger partial charge on any atom is 0.342 e. The van der Waals surface area contributed by atoms with Crippen LogP contribution in [-0.2, 0) is 22.6 Å². The number of cyclic esters (lactones) is 1. The molecule has 6 nitrogen and oxygen atoms in total. The molecule has 0 saturated heterocycles. The third kappa shape index (κ3) is 5.31. The minimum absolute atomic E-state index is 0.0885. The lowest BCUT2D eigenvalue weighted by atomic mass is 9.94. The second-order valence-corrected chi connectivity index (χ2v) is 8.70. The number of carboxylic acids is 1. The molecule has 1 N–H and O–H groups in total. The van der Waals surface area contributed by atoms with Gasteiger partial charge in [0.25, 0.3) is 0 Å². The van der Waals surface area contributed by atoms with Crippen molar-refractivity contribution in [3.63, 3.8) is 0 Å². The first-order valence-corrected chi connectivity index (χ1v) is 12.1. The van der Waals surface area contributed by atoms with Crippen LogP contribution in [0.3, 0.4) is 0 Å². The Morgan fingerprint density at radius 1 is 1.37 bits per heavy atom. The van der Waals surface area contributed by atoms with Crippen molar-refractivity contribution in [2.24, 2.45) is 0 Å². The predicted octanol–water partition coefficient (Wildman–Crippen LogP) is 4.49. The van der Waals surface area contributed by atoms with Gasteiger partial charge in [-0.15, -0.1) is 0 Å². The molecule has 0 unspecified atom stereocenters. The van der Waals surface area contributed by atoms with Crippen LogP contribution in [0.25, 0.3) is 0 Å². The first-order chi connectivity index (χ1) is 12.9. The fourth-order valence-corrected chi connectivity index (χ4v) is 3.71. The third-order valence-corrected chi connectivity index (χ3v) is 6.06. The monoisotopic (exact) mass is 506 g/mol. The van der Waals surface area contributed by atoms with Gasteiger partial charge in [-0.25, -0.2) is 4.79 Å². The van der Waals surface area contributed by atoms with Gasteiger partial charge in [0.05, 0.1) is 13.7 Å². The van der Waals surface area contributed by atoms with E-state index in [1.54, 1.807) is 16.0 Å². The summed E-state index contributed by atoms with van der Waals surface area (Å²) in [5.74, 6) is 0.791. The molecule has 1 aliphatic rings. The van der Waals surface area contributed by atoms with Crippen molar-refractivity contribution in [3.8, 4) is 11.5 Å². The van der Waals surface area contributed by atoms with Gasteiger partial charge in [0.2, 0.25) is 0 Å². The molecule has 1 aliphatic heterocycles. The first-order valence-electron chi connectivity index (χ1n) is 8.53. The number of carbonyl (C=O) groups excluding carboxylic acids is 1. The van der Waals surface area contributed by atoms with Gasteiger partial charge in [0.1, 0.15) is 23.7 Å². The van der Waals surface area contributed by atoms with Crippen molar-refractivity contribution >= 4 is 42.1 Å². The lowest BCUT2D eigenvalue weighted by Gasteiger charge is -2.19. The van der Waals surface area contributed by atoms with Gasteiger partial charge in [-0.2, -0.15) is 0 Å². The van der Waals surface area contributed by atoms with Crippen LogP contribution in [0.4, 0.5) is 0 Å². The molecule has 0 atom stereocenters. The van der Waals surface area contributed by atoms with Crippen LogP contribution in [-0.4, -0.2) is 36.5 Å². The topological polar surface area (TPSA) is 82.1 Å². The van der Waals surface area contributed by atoms with Crippen molar-refractivity contribution in [2.45, 2.75) is 39.7 Å². The van der Waals surface area contributed by atoms with Crippen molar-refractivity contribution in [3.05, 3.63) is 33.9 Å². The Labute approximate surface area is 175 Å². The number of allylic oxidation sites excluding steroid dienone is 2. The highest BCUT2D eigenvalue weighted by molar-refractivity contribution is 14.2. The van der Waals surface area contributed by atoms with E-state index in [0.29, 0.717) is 36.5 Å². The number of carboxylic acid groups (broad SMARTS) is 1. The van der Waals surface area contributed by atoms with E-state index in [2.05, 4.69) is 21.2 Å². The highest BCUT2D eigenvalue weighted by atomic mass is 127. The SMILES string of the molecule is COc1c(C)c2c(c(OCCSI)c1C/C=C(\C)CCC(=O)O)C(=O)OC2. The fraction of sp³-hybridized carbons (Fsp3) is 0.474. The zero-order chi connectivity index (χ0) is 20.0. The van der Waals surface area contributed by atoms with Gasteiger partial charge >= 0.3 is 11.9 Å². The fourth-order valence-electron chi connectivity index (χ4n) is 3.03. The summed E-state index contributed by atoms with van der Waals surface area (Å²) in [5, 5.41) is 8.84. The molecule has 0 saturated carbocycles. The van der Waals surface area contributed by atoms with Gasteiger partial charge in [0.15, 0.2) is 0 Å². The molecule has 0 aromatic heterocycles. The molecule has 0 amide bonds. The Balaban J connectivity index is 2.44. The van der Waals surface area contributed by atoms with E-state index in [4.69, 9.17) is 19.3 Å². The van der Waals surface area contributed by atoms with Crippen molar-refractivity contribution in [2.75, 3.05) is 19.5 Å². The molecule has 8 heteroatoms. The number of methoxy groups -OCH3 is 1. The molecule has 0 spiro atoms. The Kier molecular flexibility index (Phi) is 8.28. The summed E-state index contributed by atoms with van der Waals surface area (Å²) in [7, 11) is 3.23. The smallest absolute Gasteiger partial charge is 0.342 e. The third-order valence-electron chi connectivity index (χ3n) is 4.42. The van der Waals surface area contributed by atoms with Crippen LogP contribution in [0.2, 0.25) is 0 Å². The zero-order valence-corrected chi connectivity index (χ0v) is 18.6. The average molecular weight is 506 g/mol. The number of esters is 1. The standard InChI is InChI=1S/C19H23IO6S/c1-11(5-7-15(21)22)4-6-13-17(24-3)12(2)14-10-26-19(23)16(14)18(13)25-8-9-27-20/h4H,5-10H2,1-3H3,(H,21,22)/b11-4+.